The molecule has 0 fully saturated rings. The molecule has 5 heteroatoms. The zero-order valence-corrected chi connectivity index (χ0v) is 14.1. The Balaban J connectivity index is 2.72. The van der Waals surface area contributed by atoms with Gasteiger partial charge in [0.05, 0.1) is 0 Å². The van der Waals surface area contributed by atoms with Crippen LogP contribution < -0.4 is 15.8 Å². The smallest absolute Gasteiger partial charge is 0.258 e. The highest BCUT2D eigenvalue weighted by Crippen LogP contribution is 2.24. The van der Waals surface area contributed by atoms with Gasteiger partial charge < -0.3 is 15.8 Å². The van der Waals surface area contributed by atoms with E-state index in [2.05, 4.69) is 19.2 Å². The van der Waals surface area contributed by atoms with Gasteiger partial charge in [0.25, 0.3) is 5.91 Å². The average molecular weight is 308 g/mol. The number of nitrogens with two attached hydrogens (primary N) is 1. The third-order valence-corrected chi connectivity index (χ3v) is 3.72. The van der Waals surface area contributed by atoms with Gasteiger partial charge in [0.2, 0.25) is 0 Å². The largest absolute Gasteiger partial charge is 0.483 e. The molecule has 0 radical (unpaired) electrons. The summed E-state index contributed by atoms with van der Waals surface area (Å²) in [5.41, 5.74) is 8.28. The van der Waals surface area contributed by atoms with Crippen molar-refractivity contribution in [3.63, 3.8) is 0 Å². The fourth-order valence-corrected chi connectivity index (χ4v) is 2.04. The van der Waals surface area contributed by atoms with Gasteiger partial charge in [-0.1, -0.05) is 26.1 Å². The molecule has 0 heterocycles. The van der Waals surface area contributed by atoms with E-state index in [1.165, 1.54) is 0 Å². The minimum atomic E-state index is -0.117. The van der Waals surface area contributed by atoms with Crippen molar-refractivity contribution in [2.45, 2.75) is 40.7 Å². The second kappa shape index (κ2) is 7.41. The second-order valence-corrected chi connectivity index (χ2v) is 6.13. The van der Waals surface area contributed by atoms with Gasteiger partial charge in [-0.15, -0.1) is 0 Å². The van der Waals surface area contributed by atoms with Crippen LogP contribution in [0.5, 0.6) is 5.75 Å². The van der Waals surface area contributed by atoms with Crippen LogP contribution in [0, 0.1) is 19.8 Å². The van der Waals surface area contributed by atoms with Crippen LogP contribution in [0.4, 0.5) is 0 Å². The van der Waals surface area contributed by atoms with Gasteiger partial charge in [0.15, 0.2) is 6.61 Å². The molecule has 1 atom stereocenters. The lowest BCUT2D eigenvalue weighted by Crippen LogP contribution is -2.39. The fourth-order valence-electron chi connectivity index (χ4n) is 1.92. The molecule has 0 saturated carbocycles. The summed E-state index contributed by atoms with van der Waals surface area (Å²) in [6.07, 6.45) is 0. The van der Waals surface area contributed by atoms with Crippen LogP contribution in [-0.2, 0) is 4.79 Å². The molecule has 0 aromatic heterocycles. The number of amides is 1. The third kappa shape index (κ3) is 5.01. The Labute approximate surface area is 132 Å². The average Bonchev–Trinajstić information content (AvgIpc) is 2.37. The van der Waals surface area contributed by atoms with Crippen LogP contribution >= 0.6 is 12.2 Å². The molecule has 1 unspecified atom stereocenters. The number of hydrogen-bond acceptors (Lipinski definition) is 3. The van der Waals surface area contributed by atoms with Crippen LogP contribution in [0.3, 0.4) is 0 Å². The predicted molar refractivity (Wildman–Crippen MR) is 89.7 cm³/mol. The van der Waals surface area contributed by atoms with Crippen LogP contribution in [0.15, 0.2) is 12.1 Å². The van der Waals surface area contributed by atoms with Gasteiger partial charge >= 0.3 is 0 Å². The zero-order chi connectivity index (χ0) is 16.2. The summed E-state index contributed by atoms with van der Waals surface area (Å²) in [5.74, 6) is 0.984. The van der Waals surface area contributed by atoms with Gasteiger partial charge in [0, 0.05) is 11.6 Å². The number of aryl methyl sites for hydroxylation is 2. The lowest BCUT2D eigenvalue weighted by molar-refractivity contribution is -0.124. The molecule has 0 saturated heterocycles. The summed E-state index contributed by atoms with van der Waals surface area (Å²) in [4.78, 5) is 12.2. The molecule has 0 aliphatic rings. The Morgan fingerprint density at radius 1 is 1.29 bits per heavy atom. The third-order valence-electron chi connectivity index (χ3n) is 3.48. The molecular weight excluding hydrogens is 284 g/mol. The van der Waals surface area contributed by atoms with E-state index in [4.69, 9.17) is 22.7 Å². The molecule has 0 spiro atoms. The molecule has 0 aliphatic carbocycles. The maximum absolute atomic E-state index is 11.9. The van der Waals surface area contributed by atoms with Crippen molar-refractivity contribution in [3.05, 3.63) is 28.8 Å². The lowest BCUT2D eigenvalue weighted by Gasteiger charge is -2.18. The monoisotopic (exact) mass is 308 g/mol. The topological polar surface area (TPSA) is 64.3 Å². The van der Waals surface area contributed by atoms with Gasteiger partial charge in [-0.2, -0.15) is 0 Å². The molecule has 1 amide bonds. The normalized spacial score (nSPS) is 12.1. The first kappa shape index (κ1) is 17.4. The summed E-state index contributed by atoms with van der Waals surface area (Å²) in [6.45, 7) is 9.95. The first-order valence-corrected chi connectivity index (χ1v) is 7.46. The Bertz CT molecular complexity index is 518. The van der Waals surface area contributed by atoms with E-state index >= 15 is 0 Å². The molecule has 3 N–H and O–H groups in total. The van der Waals surface area contributed by atoms with E-state index in [1.807, 2.05) is 32.9 Å². The summed E-state index contributed by atoms with van der Waals surface area (Å²) >= 11 is 4.98. The van der Waals surface area contributed by atoms with Gasteiger partial charge in [-0.3, -0.25) is 4.79 Å². The number of hydrogen-bond donors (Lipinski definition) is 2. The van der Waals surface area contributed by atoms with Crippen molar-refractivity contribution in [2.75, 3.05) is 6.61 Å². The number of carbonyl (C=O) groups is 1. The van der Waals surface area contributed by atoms with Crippen LogP contribution in [0.1, 0.15) is 37.5 Å². The van der Waals surface area contributed by atoms with Crippen molar-refractivity contribution in [3.8, 4) is 5.75 Å². The van der Waals surface area contributed by atoms with E-state index in [-0.39, 0.29) is 18.6 Å². The summed E-state index contributed by atoms with van der Waals surface area (Å²) in [7, 11) is 0. The predicted octanol–water partition coefficient (Wildman–Crippen LogP) is 2.48. The van der Waals surface area contributed by atoms with E-state index in [9.17, 15) is 4.79 Å². The number of ether oxygens (including phenoxy) is 1. The van der Waals surface area contributed by atoms with Crippen molar-refractivity contribution >= 4 is 23.1 Å². The van der Waals surface area contributed by atoms with Gasteiger partial charge in [0.1, 0.15) is 10.7 Å². The van der Waals surface area contributed by atoms with Gasteiger partial charge in [-0.05, 0) is 49.9 Å². The maximum atomic E-state index is 11.9. The molecule has 1 aromatic rings. The Kier molecular flexibility index (Phi) is 6.15. The second-order valence-electron chi connectivity index (χ2n) is 5.69. The fraction of sp³-hybridized carbons (Fsp3) is 0.500. The summed E-state index contributed by atoms with van der Waals surface area (Å²) in [5, 5.41) is 2.91. The molecule has 1 rings (SSSR count). The van der Waals surface area contributed by atoms with Crippen molar-refractivity contribution in [2.24, 2.45) is 11.7 Å². The number of rotatable bonds is 6. The molecule has 4 nitrogen and oxygen atoms in total. The number of thiocarbonyl (C=S) groups is 1. The van der Waals surface area contributed by atoms with Crippen molar-refractivity contribution < 1.29 is 9.53 Å². The first-order valence-electron chi connectivity index (χ1n) is 7.05. The quantitative estimate of drug-likeness (QED) is 0.793. The maximum Gasteiger partial charge on any atom is 0.258 e. The summed E-state index contributed by atoms with van der Waals surface area (Å²) in [6, 6.07) is 3.87. The standard InChI is InChI=1S/C16H24N2O2S/c1-9(2)12(5)18-14(19)8-20-15-10(3)6-13(16(17)21)7-11(15)4/h6-7,9,12H,8H2,1-5H3,(H2,17,21)(H,18,19). The molecule has 0 bridgehead atoms. The number of carbonyl (C=O) groups excluding carboxylic acids is 1. The minimum Gasteiger partial charge on any atom is -0.483 e. The zero-order valence-electron chi connectivity index (χ0n) is 13.3. The van der Waals surface area contributed by atoms with Crippen LogP contribution in [-0.4, -0.2) is 23.5 Å². The van der Waals surface area contributed by atoms with Crippen molar-refractivity contribution in [1.82, 2.24) is 5.32 Å². The number of nitrogens with one attached hydrogen (secondary N) is 1. The van der Waals surface area contributed by atoms with Crippen LogP contribution in [0.2, 0.25) is 0 Å². The van der Waals surface area contributed by atoms with E-state index in [1.54, 1.807) is 0 Å². The van der Waals surface area contributed by atoms with Crippen molar-refractivity contribution in [1.29, 1.82) is 0 Å². The highest BCUT2D eigenvalue weighted by molar-refractivity contribution is 7.80. The first-order chi connectivity index (χ1) is 9.72. The molecule has 116 valence electrons. The van der Waals surface area contributed by atoms with Gasteiger partial charge in [-0.25, -0.2) is 0 Å². The molecule has 1 aromatic carbocycles. The highest BCUT2D eigenvalue weighted by Gasteiger charge is 2.13. The van der Waals surface area contributed by atoms with E-state index < -0.39 is 0 Å². The van der Waals surface area contributed by atoms with E-state index in [0.717, 1.165) is 16.7 Å². The lowest BCUT2D eigenvalue weighted by atomic mass is 10.1. The highest BCUT2D eigenvalue weighted by atomic mass is 32.1. The van der Waals surface area contributed by atoms with Crippen LogP contribution in [0.25, 0.3) is 0 Å². The Morgan fingerprint density at radius 2 is 1.81 bits per heavy atom. The number of benzene rings is 1. The Hall–Kier alpha value is -1.62. The summed E-state index contributed by atoms with van der Waals surface area (Å²) < 4.78 is 5.65. The Morgan fingerprint density at radius 3 is 2.24 bits per heavy atom. The molecular formula is C16H24N2O2S. The minimum absolute atomic E-state index is 0.00512. The SMILES string of the molecule is Cc1cc(C(N)=S)cc(C)c1OCC(=O)NC(C)C(C)C. The van der Waals surface area contributed by atoms with E-state index in [0.29, 0.717) is 16.7 Å². The molecule has 0 aliphatic heterocycles. The molecule has 21 heavy (non-hydrogen) atoms.